The predicted octanol–water partition coefficient (Wildman–Crippen LogP) is 2.40. The zero-order valence-corrected chi connectivity index (χ0v) is 11.6. The second kappa shape index (κ2) is 5.65. The third-order valence-electron chi connectivity index (χ3n) is 3.32. The van der Waals surface area contributed by atoms with E-state index in [1.807, 2.05) is 11.8 Å². The lowest BCUT2D eigenvalue weighted by molar-refractivity contribution is 0.0696. The Morgan fingerprint density at radius 3 is 2.47 bits per heavy atom. The van der Waals surface area contributed by atoms with E-state index in [0.29, 0.717) is 12.1 Å². The van der Waals surface area contributed by atoms with Gasteiger partial charge in [-0.3, -0.25) is 4.79 Å². The molecule has 1 unspecified atom stereocenters. The molecule has 1 aliphatic heterocycles. The molecule has 102 valence electrons. The molecule has 5 heteroatoms. The fraction of sp³-hybridized carbons (Fsp3) is 0.429. The predicted molar refractivity (Wildman–Crippen MR) is 75.8 cm³/mol. The molecule has 2 rings (SSSR count). The van der Waals surface area contributed by atoms with Crippen molar-refractivity contribution >= 4 is 23.6 Å². The normalized spacial score (nSPS) is 22.2. The lowest BCUT2D eigenvalue weighted by atomic mass is 10.1. The van der Waals surface area contributed by atoms with Crippen LogP contribution in [0.5, 0.6) is 0 Å². The Kier molecular flexibility index (Phi) is 4.14. The zero-order chi connectivity index (χ0) is 13.9. The molecule has 2 N–H and O–H groups in total. The minimum atomic E-state index is -0.984. The Labute approximate surface area is 116 Å². The van der Waals surface area contributed by atoms with Gasteiger partial charge in [0.1, 0.15) is 0 Å². The van der Waals surface area contributed by atoms with E-state index in [4.69, 9.17) is 5.11 Å². The van der Waals surface area contributed by atoms with Crippen LogP contribution in [0, 0.1) is 0 Å². The minimum Gasteiger partial charge on any atom is -0.478 e. The molecule has 1 aromatic carbocycles. The van der Waals surface area contributed by atoms with Crippen LogP contribution in [0.1, 0.15) is 40.5 Å². The maximum atomic E-state index is 12.0. The first-order valence-electron chi connectivity index (χ1n) is 6.26. The molecule has 19 heavy (non-hydrogen) atoms. The number of amides is 1. The monoisotopic (exact) mass is 279 g/mol. The van der Waals surface area contributed by atoms with Gasteiger partial charge in [-0.05, 0) is 49.8 Å². The molecule has 1 saturated heterocycles. The zero-order valence-electron chi connectivity index (χ0n) is 10.8. The largest absolute Gasteiger partial charge is 0.478 e. The molecule has 1 atom stereocenters. The lowest BCUT2D eigenvalue weighted by Crippen LogP contribution is -2.36. The smallest absolute Gasteiger partial charge is 0.335 e. The van der Waals surface area contributed by atoms with E-state index in [1.165, 1.54) is 18.6 Å². The Bertz CT molecular complexity index is 478. The van der Waals surface area contributed by atoms with Gasteiger partial charge in [0.2, 0.25) is 0 Å². The number of hydrogen-bond donors (Lipinski definition) is 2. The van der Waals surface area contributed by atoms with Crippen LogP contribution in [0.3, 0.4) is 0 Å². The molecule has 1 heterocycles. The molecule has 4 nitrogen and oxygen atoms in total. The summed E-state index contributed by atoms with van der Waals surface area (Å²) in [6, 6.07) is 5.98. The lowest BCUT2D eigenvalue weighted by Gasteiger charge is -2.22. The summed E-state index contributed by atoms with van der Waals surface area (Å²) in [7, 11) is 0. The summed E-state index contributed by atoms with van der Waals surface area (Å²) in [5.41, 5.74) is 0.687. The van der Waals surface area contributed by atoms with Crippen molar-refractivity contribution in [1.82, 2.24) is 5.32 Å². The van der Waals surface area contributed by atoms with Crippen LogP contribution < -0.4 is 5.32 Å². The van der Waals surface area contributed by atoms with Crippen molar-refractivity contribution in [3.63, 3.8) is 0 Å². The second-order valence-electron chi connectivity index (χ2n) is 4.97. The van der Waals surface area contributed by atoms with Crippen LogP contribution in [0.25, 0.3) is 0 Å². The number of carboxylic acids is 1. The molecular weight excluding hydrogens is 262 g/mol. The van der Waals surface area contributed by atoms with E-state index in [2.05, 4.69) is 12.2 Å². The molecule has 1 fully saturated rings. The Morgan fingerprint density at radius 1 is 1.32 bits per heavy atom. The van der Waals surface area contributed by atoms with E-state index < -0.39 is 5.97 Å². The highest BCUT2D eigenvalue weighted by Crippen LogP contribution is 2.36. The topological polar surface area (TPSA) is 66.4 Å². The Hall–Kier alpha value is -1.49. The number of nitrogens with one attached hydrogen (secondary N) is 1. The summed E-state index contributed by atoms with van der Waals surface area (Å²) < 4.78 is 0.136. The van der Waals surface area contributed by atoms with Gasteiger partial charge in [-0.2, -0.15) is 11.8 Å². The number of carbonyl (C=O) groups is 2. The van der Waals surface area contributed by atoms with Gasteiger partial charge in [0.25, 0.3) is 5.91 Å². The Morgan fingerprint density at radius 2 is 1.95 bits per heavy atom. The summed E-state index contributed by atoms with van der Waals surface area (Å²) in [6.45, 7) is 2.82. The minimum absolute atomic E-state index is 0.136. The van der Waals surface area contributed by atoms with Crippen LogP contribution >= 0.6 is 11.8 Å². The molecule has 1 aliphatic rings. The number of carboxylic acid groups (broad SMARTS) is 1. The van der Waals surface area contributed by atoms with Crippen LogP contribution in [-0.2, 0) is 0 Å². The molecule has 1 aromatic rings. The summed E-state index contributed by atoms with van der Waals surface area (Å²) >= 11 is 1.90. The van der Waals surface area contributed by atoms with Crippen molar-refractivity contribution in [2.24, 2.45) is 0 Å². The first-order chi connectivity index (χ1) is 9.00. The van der Waals surface area contributed by atoms with Crippen molar-refractivity contribution < 1.29 is 14.7 Å². The van der Waals surface area contributed by atoms with Gasteiger partial charge in [0, 0.05) is 16.9 Å². The van der Waals surface area contributed by atoms with Crippen LogP contribution in [-0.4, -0.2) is 34.0 Å². The number of rotatable bonds is 4. The molecule has 1 amide bonds. The summed E-state index contributed by atoms with van der Waals surface area (Å²) in [5, 5.41) is 11.7. The fourth-order valence-electron chi connectivity index (χ4n) is 2.11. The third kappa shape index (κ3) is 3.50. The second-order valence-corrected chi connectivity index (χ2v) is 6.65. The van der Waals surface area contributed by atoms with Crippen molar-refractivity contribution in [3.05, 3.63) is 35.4 Å². The number of thioether (sulfide) groups is 1. The van der Waals surface area contributed by atoms with Crippen molar-refractivity contribution in [1.29, 1.82) is 0 Å². The molecule has 0 saturated carbocycles. The fourth-order valence-corrected chi connectivity index (χ4v) is 3.35. The highest BCUT2D eigenvalue weighted by molar-refractivity contribution is 8.00. The number of aromatic carboxylic acids is 1. The molecular formula is C14H17NO3S. The maximum absolute atomic E-state index is 12.0. The summed E-state index contributed by atoms with van der Waals surface area (Å²) in [6.07, 6.45) is 2.32. The molecule has 0 aromatic heterocycles. The molecule has 0 aliphatic carbocycles. The van der Waals surface area contributed by atoms with Crippen molar-refractivity contribution in [2.75, 3.05) is 12.3 Å². The van der Waals surface area contributed by atoms with Gasteiger partial charge >= 0.3 is 5.97 Å². The summed E-state index contributed by atoms with van der Waals surface area (Å²) in [4.78, 5) is 22.7. The number of benzene rings is 1. The number of carbonyl (C=O) groups excluding carboxylic acids is 1. The van der Waals surface area contributed by atoms with Gasteiger partial charge in [-0.25, -0.2) is 4.79 Å². The van der Waals surface area contributed by atoms with E-state index >= 15 is 0 Å². The first-order valence-corrected chi connectivity index (χ1v) is 7.24. The van der Waals surface area contributed by atoms with Crippen LogP contribution in [0.4, 0.5) is 0 Å². The van der Waals surface area contributed by atoms with Crippen LogP contribution in [0.2, 0.25) is 0 Å². The number of hydrogen-bond acceptors (Lipinski definition) is 3. The van der Waals surface area contributed by atoms with Gasteiger partial charge < -0.3 is 10.4 Å². The molecule has 0 bridgehead atoms. The maximum Gasteiger partial charge on any atom is 0.335 e. The molecule has 0 radical (unpaired) electrons. The first kappa shape index (κ1) is 13.9. The molecule has 0 spiro atoms. The quantitative estimate of drug-likeness (QED) is 0.888. The van der Waals surface area contributed by atoms with E-state index in [9.17, 15) is 9.59 Å². The van der Waals surface area contributed by atoms with Crippen LogP contribution in [0.15, 0.2) is 24.3 Å². The van der Waals surface area contributed by atoms with Crippen molar-refractivity contribution in [3.8, 4) is 0 Å². The van der Waals surface area contributed by atoms with Crippen molar-refractivity contribution in [2.45, 2.75) is 24.5 Å². The van der Waals surface area contributed by atoms with E-state index in [0.717, 1.165) is 12.2 Å². The average Bonchev–Trinajstić information content (AvgIpc) is 2.83. The van der Waals surface area contributed by atoms with Gasteiger partial charge in [-0.1, -0.05) is 0 Å². The Balaban J connectivity index is 1.94. The SMILES string of the molecule is CC1(CNC(=O)c2ccc(C(=O)O)cc2)CCCS1. The van der Waals surface area contributed by atoms with Gasteiger partial charge in [0.05, 0.1) is 5.56 Å². The van der Waals surface area contributed by atoms with E-state index in [-0.39, 0.29) is 16.2 Å². The summed E-state index contributed by atoms with van der Waals surface area (Å²) in [5.74, 6) is 0.0205. The van der Waals surface area contributed by atoms with Gasteiger partial charge in [0.15, 0.2) is 0 Å². The van der Waals surface area contributed by atoms with E-state index in [1.54, 1.807) is 12.1 Å². The standard InChI is InChI=1S/C14H17NO3S/c1-14(7-2-8-19-14)9-15-12(16)10-3-5-11(6-4-10)13(17)18/h3-6H,2,7-9H2,1H3,(H,15,16)(H,17,18). The van der Waals surface area contributed by atoms with Gasteiger partial charge in [-0.15, -0.1) is 0 Å². The highest BCUT2D eigenvalue weighted by Gasteiger charge is 2.29. The highest BCUT2D eigenvalue weighted by atomic mass is 32.2. The third-order valence-corrected chi connectivity index (χ3v) is 4.86. The average molecular weight is 279 g/mol.